The van der Waals surface area contributed by atoms with Crippen molar-refractivity contribution in [1.29, 1.82) is 0 Å². The number of hydrogen-bond acceptors (Lipinski definition) is 1. The highest BCUT2D eigenvalue weighted by molar-refractivity contribution is 5.03. The molecule has 0 bridgehead atoms. The lowest BCUT2D eigenvalue weighted by atomic mass is 10.1. The molecule has 0 heterocycles. The molecule has 0 saturated carbocycles. The van der Waals surface area contributed by atoms with Crippen LogP contribution in [-0.2, 0) is 0 Å². The maximum atomic E-state index is 3.87. The van der Waals surface area contributed by atoms with Gasteiger partial charge in [0.15, 0.2) is 0 Å². The van der Waals surface area contributed by atoms with E-state index in [1.165, 1.54) is 56.2 Å². The lowest BCUT2D eigenvalue weighted by molar-refractivity contribution is 0.324. The summed E-state index contributed by atoms with van der Waals surface area (Å²) in [5.41, 5.74) is 2.92. The molecule has 0 aromatic heterocycles. The Morgan fingerprint density at radius 2 is 1.75 bits per heavy atom. The summed E-state index contributed by atoms with van der Waals surface area (Å²) in [7, 11) is 0. The van der Waals surface area contributed by atoms with Gasteiger partial charge in [0.25, 0.3) is 0 Å². The molecule has 0 aliphatic rings. The molecular weight excluding hydrogens is 242 g/mol. The SMILES string of the molecule is C=CCN(C/C=C(\C)CCC=C(C)C)CCCCCC. The van der Waals surface area contributed by atoms with Gasteiger partial charge in [-0.15, -0.1) is 6.58 Å². The van der Waals surface area contributed by atoms with E-state index < -0.39 is 0 Å². The van der Waals surface area contributed by atoms with Crippen molar-refractivity contribution >= 4 is 0 Å². The fourth-order valence-corrected chi connectivity index (χ4v) is 2.18. The van der Waals surface area contributed by atoms with Crippen LogP contribution in [0.3, 0.4) is 0 Å². The van der Waals surface area contributed by atoms with E-state index >= 15 is 0 Å². The average molecular weight is 277 g/mol. The van der Waals surface area contributed by atoms with Gasteiger partial charge in [-0.2, -0.15) is 0 Å². The van der Waals surface area contributed by atoms with Crippen molar-refractivity contribution < 1.29 is 0 Å². The second-order valence-corrected chi connectivity index (χ2v) is 5.98. The van der Waals surface area contributed by atoms with E-state index in [1.807, 2.05) is 6.08 Å². The van der Waals surface area contributed by atoms with Gasteiger partial charge in [-0.1, -0.05) is 55.6 Å². The second-order valence-electron chi connectivity index (χ2n) is 5.98. The molecular formula is C19H35N. The summed E-state index contributed by atoms with van der Waals surface area (Å²) in [6, 6.07) is 0. The molecule has 0 fully saturated rings. The van der Waals surface area contributed by atoms with Gasteiger partial charge in [-0.05, 0) is 46.6 Å². The van der Waals surface area contributed by atoms with Crippen LogP contribution in [0.2, 0.25) is 0 Å². The summed E-state index contributed by atoms with van der Waals surface area (Å²) in [5.74, 6) is 0. The molecule has 0 aliphatic heterocycles. The Labute approximate surface area is 127 Å². The largest absolute Gasteiger partial charge is 0.296 e. The molecule has 116 valence electrons. The maximum absolute atomic E-state index is 3.87. The zero-order valence-electron chi connectivity index (χ0n) is 14.3. The molecule has 0 aromatic rings. The van der Waals surface area contributed by atoms with E-state index in [1.54, 1.807) is 0 Å². The van der Waals surface area contributed by atoms with Gasteiger partial charge in [0.05, 0.1) is 0 Å². The van der Waals surface area contributed by atoms with Gasteiger partial charge >= 0.3 is 0 Å². The number of nitrogens with zero attached hydrogens (tertiary/aromatic N) is 1. The molecule has 0 radical (unpaired) electrons. The van der Waals surface area contributed by atoms with Crippen molar-refractivity contribution in [3.8, 4) is 0 Å². The Kier molecular flexibility index (Phi) is 12.6. The fourth-order valence-electron chi connectivity index (χ4n) is 2.18. The Hall–Kier alpha value is -0.820. The highest BCUT2D eigenvalue weighted by atomic mass is 15.1. The van der Waals surface area contributed by atoms with E-state index in [0.717, 1.165) is 13.1 Å². The third-order valence-corrected chi connectivity index (χ3v) is 3.50. The van der Waals surface area contributed by atoms with Crippen LogP contribution in [0.5, 0.6) is 0 Å². The minimum atomic E-state index is 1.00. The first-order chi connectivity index (χ1) is 9.60. The Morgan fingerprint density at radius 3 is 2.35 bits per heavy atom. The van der Waals surface area contributed by atoms with E-state index in [4.69, 9.17) is 0 Å². The Morgan fingerprint density at radius 1 is 1.00 bits per heavy atom. The molecule has 1 nitrogen and oxygen atoms in total. The molecule has 1 heteroatoms. The van der Waals surface area contributed by atoms with E-state index in [9.17, 15) is 0 Å². The zero-order chi connectivity index (χ0) is 15.2. The molecule has 0 spiro atoms. The number of allylic oxidation sites excluding steroid dienone is 3. The third-order valence-electron chi connectivity index (χ3n) is 3.50. The van der Waals surface area contributed by atoms with Gasteiger partial charge in [0.2, 0.25) is 0 Å². The van der Waals surface area contributed by atoms with Gasteiger partial charge in [0, 0.05) is 13.1 Å². The van der Waals surface area contributed by atoms with Crippen molar-refractivity contribution in [3.63, 3.8) is 0 Å². The number of hydrogen-bond donors (Lipinski definition) is 0. The van der Waals surface area contributed by atoms with Gasteiger partial charge in [0.1, 0.15) is 0 Å². The molecule has 0 aliphatic carbocycles. The molecule has 0 atom stereocenters. The topological polar surface area (TPSA) is 3.24 Å². The van der Waals surface area contributed by atoms with Crippen molar-refractivity contribution in [2.45, 2.75) is 66.2 Å². The average Bonchev–Trinajstić information content (AvgIpc) is 2.40. The van der Waals surface area contributed by atoms with Crippen LogP contribution >= 0.6 is 0 Å². The summed E-state index contributed by atoms with van der Waals surface area (Å²) in [5, 5.41) is 0. The molecule has 0 amide bonds. The maximum Gasteiger partial charge on any atom is 0.0169 e. The number of rotatable bonds is 12. The summed E-state index contributed by atoms with van der Waals surface area (Å²) >= 11 is 0. The van der Waals surface area contributed by atoms with Crippen LogP contribution in [0, 0.1) is 0 Å². The monoisotopic (exact) mass is 277 g/mol. The van der Waals surface area contributed by atoms with Crippen LogP contribution in [0.15, 0.2) is 36.0 Å². The predicted octanol–water partition coefficient (Wildman–Crippen LogP) is 5.75. The quantitative estimate of drug-likeness (QED) is 0.324. The van der Waals surface area contributed by atoms with Gasteiger partial charge in [-0.25, -0.2) is 0 Å². The Balaban J connectivity index is 4.02. The first kappa shape index (κ1) is 19.2. The summed E-state index contributed by atoms with van der Waals surface area (Å²) in [6.45, 7) is 16.0. The highest BCUT2D eigenvalue weighted by Gasteiger charge is 2.01. The minimum Gasteiger partial charge on any atom is -0.296 e. The first-order valence-electron chi connectivity index (χ1n) is 8.22. The van der Waals surface area contributed by atoms with Crippen LogP contribution in [0.4, 0.5) is 0 Å². The van der Waals surface area contributed by atoms with Crippen molar-refractivity contribution in [3.05, 3.63) is 36.0 Å². The van der Waals surface area contributed by atoms with Crippen molar-refractivity contribution in [2.75, 3.05) is 19.6 Å². The van der Waals surface area contributed by atoms with Gasteiger partial charge < -0.3 is 0 Å². The lowest BCUT2D eigenvalue weighted by Gasteiger charge is -2.19. The summed E-state index contributed by atoms with van der Waals surface area (Å²) in [4.78, 5) is 2.49. The normalized spacial score (nSPS) is 11.8. The fraction of sp³-hybridized carbons (Fsp3) is 0.684. The molecule has 20 heavy (non-hydrogen) atoms. The van der Waals surface area contributed by atoms with Crippen molar-refractivity contribution in [2.24, 2.45) is 0 Å². The first-order valence-corrected chi connectivity index (χ1v) is 8.22. The van der Waals surface area contributed by atoms with Crippen LogP contribution in [0.1, 0.15) is 66.2 Å². The molecule has 0 unspecified atom stereocenters. The molecule has 0 aromatic carbocycles. The van der Waals surface area contributed by atoms with E-state index in [2.05, 4.69) is 51.3 Å². The van der Waals surface area contributed by atoms with E-state index in [-0.39, 0.29) is 0 Å². The predicted molar refractivity (Wildman–Crippen MR) is 93.2 cm³/mol. The molecule has 0 saturated heterocycles. The zero-order valence-corrected chi connectivity index (χ0v) is 14.3. The van der Waals surface area contributed by atoms with Gasteiger partial charge in [-0.3, -0.25) is 4.90 Å². The van der Waals surface area contributed by atoms with Crippen LogP contribution < -0.4 is 0 Å². The molecule has 0 N–H and O–H groups in total. The lowest BCUT2D eigenvalue weighted by Crippen LogP contribution is -2.25. The third kappa shape index (κ3) is 12.2. The highest BCUT2D eigenvalue weighted by Crippen LogP contribution is 2.08. The number of unbranched alkanes of at least 4 members (excludes halogenated alkanes) is 3. The van der Waals surface area contributed by atoms with Crippen molar-refractivity contribution in [1.82, 2.24) is 4.90 Å². The smallest absolute Gasteiger partial charge is 0.0169 e. The molecule has 0 rings (SSSR count). The summed E-state index contributed by atoms with van der Waals surface area (Å²) < 4.78 is 0. The summed E-state index contributed by atoms with van der Waals surface area (Å²) in [6.07, 6.45) is 14.4. The van der Waals surface area contributed by atoms with E-state index in [0.29, 0.717) is 0 Å². The minimum absolute atomic E-state index is 1.00. The Bertz CT molecular complexity index is 295. The standard InChI is InChI=1S/C19H35N/c1-6-8-9-10-16-20(15-7-2)17-14-19(5)13-11-12-18(3)4/h7,12,14H,2,6,8-11,13,15-17H2,1,3-5H3/b19-14+. The van der Waals surface area contributed by atoms with Crippen LogP contribution in [0.25, 0.3) is 0 Å². The second kappa shape index (κ2) is 13.2. The van der Waals surface area contributed by atoms with Crippen LogP contribution in [-0.4, -0.2) is 24.5 Å².